The summed E-state index contributed by atoms with van der Waals surface area (Å²) in [5, 5.41) is 0. The number of ether oxygens (including phenoxy) is 2. The van der Waals surface area contributed by atoms with Crippen LogP contribution in [0.4, 0.5) is 10.1 Å². The molecule has 18 heavy (non-hydrogen) atoms. The van der Waals surface area contributed by atoms with Crippen molar-refractivity contribution in [1.29, 1.82) is 0 Å². The van der Waals surface area contributed by atoms with E-state index in [1.54, 1.807) is 24.3 Å². The quantitative estimate of drug-likeness (QED) is 0.845. The molecule has 0 aliphatic rings. The fraction of sp³-hybridized carbons (Fsp3) is 0.143. The fourth-order valence-electron chi connectivity index (χ4n) is 1.57. The van der Waals surface area contributed by atoms with Crippen LogP contribution < -0.4 is 15.2 Å². The Morgan fingerprint density at radius 1 is 1.11 bits per heavy atom. The fourth-order valence-corrected chi connectivity index (χ4v) is 1.57. The van der Waals surface area contributed by atoms with E-state index >= 15 is 0 Å². The number of para-hydroxylation sites is 2. The molecule has 0 saturated carbocycles. The molecule has 0 heterocycles. The second-order valence-corrected chi connectivity index (χ2v) is 3.80. The molecule has 0 spiro atoms. The van der Waals surface area contributed by atoms with Crippen molar-refractivity contribution in [3.05, 3.63) is 53.8 Å². The lowest BCUT2D eigenvalue weighted by Crippen LogP contribution is -1.99. The molecule has 3 nitrogen and oxygen atoms in total. The number of rotatable bonds is 4. The van der Waals surface area contributed by atoms with Crippen LogP contribution in [0.3, 0.4) is 0 Å². The van der Waals surface area contributed by atoms with E-state index in [0.717, 1.165) is 5.56 Å². The molecule has 94 valence electrons. The maximum absolute atomic E-state index is 13.5. The van der Waals surface area contributed by atoms with Gasteiger partial charge in [-0.2, -0.15) is 0 Å². The van der Waals surface area contributed by atoms with Crippen LogP contribution in [0.1, 0.15) is 5.56 Å². The Morgan fingerprint density at radius 3 is 2.56 bits per heavy atom. The summed E-state index contributed by atoms with van der Waals surface area (Å²) in [7, 11) is 1.43. The SMILES string of the molecule is COc1ccc(COc2ccccc2N)cc1F. The highest BCUT2D eigenvalue weighted by atomic mass is 19.1. The highest BCUT2D eigenvalue weighted by molar-refractivity contribution is 5.51. The van der Waals surface area contributed by atoms with E-state index in [2.05, 4.69) is 0 Å². The van der Waals surface area contributed by atoms with Crippen molar-refractivity contribution in [2.24, 2.45) is 0 Å². The molecule has 0 unspecified atom stereocenters. The van der Waals surface area contributed by atoms with Crippen LogP contribution in [0.2, 0.25) is 0 Å². The first kappa shape index (κ1) is 12.2. The number of hydrogen-bond donors (Lipinski definition) is 1. The predicted octanol–water partition coefficient (Wildman–Crippen LogP) is 3.00. The van der Waals surface area contributed by atoms with Crippen LogP contribution in [0.15, 0.2) is 42.5 Å². The molecule has 0 aliphatic carbocycles. The molecule has 4 heteroatoms. The van der Waals surface area contributed by atoms with E-state index < -0.39 is 5.82 Å². The summed E-state index contributed by atoms with van der Waals surface area (Å²) in [5.41, 5.74) is 7.02. The molecule has 2 N–H and O–H groups in total. The number of halogens is 1. The van der Waals surface area contributed by atoms with Crippen LogP contribution in [-0.2, 0) is 6.61 Å². The molecular weight excluding hydrogens is 233 g/mol. The van der Waals surface area contributed by atoms with Crippen LogP contribution in [-0.4, -0.2) is 7.11 Å². The summed E-state index contributed by atoms with van der Waals surface area (Å²) < 4.78 is 23.8. The summed E-state index contributed by atoms with van der Waals surface area (Å²) in [5.74, 6) is 0.409. The lowest BCUT2D eigenvalue weighted by molar-refractivity contribution is 0.306. The number of nitrogens with two attached hydrogens (primary N) is 1. The zero-order valence-corrected chi connectivity index (χ0v) is 10.0. The van der Waals surface area contributed by atoms with E-state index in [4.69, 9.17) is 15.2 Å². The third-order valence-corrected chi connectivity index (χ3v) is 2.53. The number of hydrogen-bond acceptors (Lipinski definition) is 3. The summed E-state index contributed by atoms with van der Waals surface area (Å²) in [6.45, 7) is 0.259. The third-order valence-electron chi connectivity index (χ3n) is 2.53. The standard InChI is InChI=1S/C14H14FNO2/c1-17-13-7-6-10(8-11(13)15)9-18-14-5-3-2-4-12(14)16/h2-8H,9,16H2,1H3. The zero-order valence-electron chi connectivity index (χ0n) is 10.0. The lowest BCUT2D eigenvalue weighted by Gasteiger charge is -2.09. The maximum Gasteiger partial charge on any atom is 0.165 e. The van der Waals surface area contributed by atoms with Gasteiger partial charge in [-0.1, -0.05) is 18.2 Å². The van der Waals surface area contributed by atoms with Crippen molar-refractivity contribution in [2.75, 3.05) is 12.8 Å². The lowest BCUT2D eigenvalue weighted by atomic mass is 10.2. The normalized spacial score (nSPS) is 10.1. The molecular formula is C14H14FNO2. The first-order valence-corrected chi connectivity index (χ1v) is 5.50. The van der Waals surface area contributed by atoms with Gasteiger partial charge in [0, 0.05) is 0 Å². The first-order chi connectivity index (χ1) is 8.70. The second-order valence-electron chi connectivity index (χ2n) is 3.80. The predicted molar refractivity (Wildman–Crippen MR) is 68.1 cm³/mol. The minimum atomic E-state index is -0.403. The largest absolute Gasteiger partial charge is 0.494 e. The molecule has 0 aromatic heterocycles. The van der Waals surface area contributed by atoms with E-state index in [1.165, 1.54) is 13.2 Å². The molecule has 0 aliphatic heterocycles. The summed E-state index contributed by atoms with van der Waals surface area (Å²) in [4.78, 5) is 0. The molecule has 0 atom stereocenters. The van der Waals surface area contributed by atoms with Crippen LogP contribution in [0.5, 0.6) is 11.5 Å². The van der Waals surface area contributed by atoms with Crippen molar-refractivity contribution < 1.29 is 13.9 Å². The third kappa shape index (κ3) is 2.71. The Kier molecular flexibility index (Phi) is 3.67. The summed E-state index contributed by atoms with van der Waals surface area (Å²) in [6.07, 6.45) is 0. The molecule has 2 aromatic rings. The van der Waals surface area contributed by atoms with Gasteiger partial charge < -0.3 is 15.2 Å². The topological polar surface area (TPSA) is 44.5 Å². The Morgan fingerprint density at radius 2 is 1.89 bits per heavy atom. The van der Waals surface area contributed by atoms with Crippen molar-refractivity contribution in [1.82, 2.24) is 0 Å². The van der Waals surface area contributed by atoms with Crippen molar-refractivity contribution >= 4 is 5.69 Å². The minimum absolute atomic E-state index is 0.220. The Bertz CT molecular complexity index is 543. The molecule has 0 radical (unpaired) electrons. The molecule has 0 saturated heterocycles. The van der Waals surface area contributed by atoms with E-state index in [1.807, 2.05) is 12.1 Å². The number of benzene rings is 2. The molecule has 0 fully saturated rings. The Balaban J connectivity index is 2.07. The van der Waals surface area contributed by atoms with Gasteiger partial charge in [-0.15, -0.1) is 0 Å². The first-order valence-electron chi connectivity index (χ1n) is 5.50. The summed E-state index contributed by atoms with van der Waals surface area (Å²) >= 11 is 0. The smallest absolute Gasteiger partial charge is 0.165 e. The van der Waals surface area contributed by atoms with Gasteiger partial charge in [0.25, 0.3) is 0 Å². The van der Waals surface area contributed by atoms with Gasteiger partial charge in [0.05, 0.1) is 12.8 Å². The van der Waals surface area contributed by atoms with Crippen LogP contribution >= 0.6 is 0 Å². The average Bonchev–Trinajstić information content (AvgIpc) is 2.38. The molecule has 2 rings (SSSR count). The molecule has 0 bridgehead atoms. The molecule has 2 aromatic carbocycles. The molecule has 0 amide bonds. The Labute approximate surface area is 105 Å². The van der Waals surface area contributed by atoms with Gasteiger partial charge in [0.2, 0.25) is 0 Å². The number of methoxy groups -OCH3 is 1. The van der Waals surface area contributed by atoms with E-state index in [0.29, 0.717) is 11.4 Å². The maximum atomic E-state index is 13.5. The second kappa shape index (κ2) is 5.40. The van der Waals surface area contributed by atoms with Gasteiger partial charge in [0.15, 0.2) is 11.6 Å². The van der Waals surface area contributed by atoms with Gasteiger partial charge in [-0.25, -0.2) is 4.39 Å². The highest BCUT2D eigenvalue weighted by Crippen LogP contribution is 2.22. The average molecular weight is 247 g/mol. The van der Waals surface area contributed by atoms with Crippen LogP contribution in [0, 0.1) is 5.82 Å². The number of anilines is 1. The van der Waals surface area contributed by atoms with Crippen molar-refractivity contribution in [2.45, 2.75) is 6.61 Å². The summed E-state index contributed by atoms with van der Waals surface area (Å²) in [6, 6.07) is 11.9. The van der Waals surface area contributed by atoms with Crippen molar-refractivity contribution in [3.63, 3.8) is 0 Å². The van der Waals surface area contributed by atoms with Gasteiger partial charge in [-0.3, -0.25) is 0 Å². The van der Waals surface area contributed by atoms with Gasteiger partial charge >= 0.3 is 0 Å². The Hall–Kier alpha value is -2.23. The highest BCUT2D eigenvalue weighted by Gasteiger charge is 2.05. The van der Waals surface area contributed by atoms with E-state index in [9.17, 15) is 4.39 Å². The monoisotopic (exact) mass is 247 g/mol. The zero-order chi connectivity index (χ0) is 13.0. The van der Waals surface area contributed by atoms with Gasteiger partial charge in [-0.05, 0) is 29.8 Å². The van der Waals surface area contributed by atoms with E-state index in [-0.39, 0.29) is 12.4 Å². The number of nitrogen functional groups attached to an aromatic ring is 1. The van der Waals surface area contributed by atoms with Crippen molar-refractivity contribution in [3.8, 4) is 11.5 Å². The van der Waals surface area contributed by atoms with Gasteiger partial charge in [0.1, 0.15) is 12.4 Å². The van der Waals surface area contributed by atoms with Crippen LogP contribution in [0.25, 0.3) is 0 Å². The minimum Gasteiger partial charge on any atom is -0.494 e.